The van der Waals surface area contributed by atoms with Crippen molar-refractivity contribution in [2.75, 3.05) is 19.6 Å². The molecule has 4 rings (SSSR count). The largest absolute Gasteiger partial charge is 0.444 e. The van der Waals surface area contributed by atoms with Gasteiger partial charge in [0.25, 0.3) is 0 Å². The summed E-state index contributed by atoms with van der Waals surface area (Å²) in [6.45, 7) is 9.54. The van der Waals surface area contributed by atoms with Gasteiger partial charge in [0.05, 0.1) is 0 Å². The van der Waals surface area contributed by atoms with Gasteiger partial charge in [0.15, 0.2) is 0 Å². The van der Waals surface area contributed by atoms with E-state index in [1.807, 2.05) is 45.0 Å². The van der Waals surface area contributed by atoms with Crippen LogP contribution in [0.1, 0.15) is 57.2 Å². The molecule has 0 radical (unpaired) electrons. The number of fused-ring (bicyclic) bond motifs is 1. The third-order valence-corrected chi connectivity index (χ3v) is 6.75. The highest BCUT2D eigenvalue weighted by molar-refractivity contribution is 5.84. The van der Waals surface area contributed by atoms with Crippen LogP contribution in [0.25, 0.3) is 0 Å². The van der Waals surface area contributed by atoms with Crippen molar-refractivity contribution in [3.05, 3.63) is 71.8 Å². The van der Waals surface area contributed by atoms with E-state index in [1.54, 1.807) is 4.90 Å². The van der Waals surface area contributed by atoms with Crippen LogP contribution in [0.4, 0.5) is 4.79 Å². The van der Waals surface area contributed by atoms with Gasteiger partial charge >= 0.3 is 6.09 Å². The molecule has 2 fully saturated rings. The molecule has 0 spiro atoms. The molecule has 2 aliphatic heterocycles. The number of amides is 1. The van der Waals surface area contributed by atoms with Crippen molar-refractivity contribution in [1.29, 1.82) is 0 Å². The standard InChI is InChI=1S/C27H34N2O3/c1-19(20-11-7-5-8-12-20)29-17-22(21-13-9-6-10-14-21)25-23(29)18-28(16-15-24(25)30)26(31)32-27(2,3)4/h5-14,19,22-23,25H,15-18H2,1-4H3/t19-,22-,23+,25-/m1/s1. The second-order valence-electron chi connectivity index (χ2n) is 10.0. The number of benzene rings is 2. The Balaban J connectivity index is 1.68. The number of nitrogens with zero attached hydrogens (tertiary/aromatic N) is 2. The molecular formula is C27H34N2O3. The van der Waals surface area contributed by atoms with Crippen molar-refractivity contribution < 1.29 is 14.3 Å². The number of hydrogen-bond acceptors (Lipinski definition) is 4. The zero-order valence-electron chi connectivity index (χ0n) is 19.5. The highest BCUT2D eigenvalue weighted by Gasteiger charge is 2.50. The van der Waals surface area contributed by atoms with E-state index in [4.69, 9.17) is 4.74 Å². The van der Waals surface area contributed by atoms with E-state index < -0.39 is 5.60 Å². The van der Waals surface area contributed by atoms with E-state index in [0.717, 1.165) is 6.54 Å². The molecule has 0 aliphatic carbocycles. The van der Waals surface area contributed by atoms with E-state index in [1.165, 1.54) is 11.1 Å². The van der Waals surface area contributed by atoms with Crippen molar-refractivity contribution in [2.45, 2.75) is 57.7 Å². The predicted octanol–water partition coefficient (Wildman–Crippen LogP) is 5.04. The number of ketones is 1. The maximum Gasteiger partial charge on any atom is 0.410 e. The fourth-order valence-corrected chi connectivity index (χ4v) is 5.21. The molecule has 2 aromatic carbocycles. The minimum Gasteiger partial charge on any atom is -0.444 e. The summed E-state index contributed by atoms with van der Waals surface area (Å²) in [6.07, 6.45) is 0.0403. The van der Waals surface area contributed by atoms with Crippen LogP contribution in [0, 0.1) is 5.92 Å². The van der Waals surface area contributed by atoms with Crippen molar-refractivity contribution in [3.8, 4) is 0 Å². The van der Waals surface area contributed by atoms with Gasteiger partial charge in [0.2, 0.25) is 0 Å². The van der Waals surface area contributed by atoms with Gasteiger partial charge in [0, 0.05) is 50.0 Å². The second kappa shape index (κ2) is 9.07. The molecule has 5 heteroatoms. The van der Waals surface area contributed by atoms with E-state index in [9.17, 15) is 9.59 Å². The van der Waals surface area contributed by atoms with Gasteiger partial charge in [-0.3, -0.25) is 9.69 Å². The number of likely N-dealkylation sites (tertiary alicyclic amines) is 2. The molecule has 170 valence electrons. The van der Waals surface area contributed by atoms with Gasteiger partial charge < -0.3 is 9.64 Å². The molecule has 0 N–H and O–H groups in total. The van der Waals surface area contributed by atoms with Crippen LogP contribution >= 0.6 is 0 Å². The Hall–Kier alpha value is -2.66. The van der Waals surface area contributed by atoms with Crippen LogP contribution in [0.5, 0.6) is 0 Å². The summed E-state index contributed by atoms with van der Waals surface area (Å²) in [6, 6.07) is 20.9. The summed E-state index contributed by atoms with van der Waals surface area (Å²) in [4.78, 5) is 30.5. The smallest absolute Gasteiger partial charge is 0.410 e. The number of carbonyl (C=O) groups is 2. The second-order valence-corrected chi connectivity index (χ2v) is 10.0. The first-order chi connectivity index (χ1) is 15.2. The summed E-state index contributed by atoms with van der Waals surface area (Å²) in [7, 11) is 0. The third kappa shape index (κ3) is 4.73. The maximum absolute atomic E-state index is 13.4. The van der Waals surface area contributed by atoms with Crippen molar-refractivity contribution >= 4 is 11.9 Å². The highest BCUT2D eigenvalue weighted by Crippen LogP contribution is 2.44. The Labute approximate surface area is 191 Å². The molecule has 1 amide bonds. The van der Waals surface area contributed by atoms with Gasteiger partial charge in [0.1, 0.15) is 11.4 Å². The Morgan fingerprint density at radius 3 is 2.25 bits per heavy atom. The Kier molecular flexibility index (Phi) is 6.38. The Morgan fingerprint density at radius 1 is 1.00 bits per heavy atom. The molecule has 5 nitrogen and oxygen atoms in total. The monoisotopic (exact) mass is 434 g/mol. The summed E-state index contributed by atoms with van der Waals surface area (Å²) >= 11 is 0. The average Bonchev–Trinajstić information content (AvgIpc) is 3.06. The number of carbonyl (C=O) groups excluding carboxylic acids is 2. The van der Waals surface area contributed by atoms with Crippen molar-refractivity contribution in [3.63, 3.8) is 0 Å². The quantitative estimate of drug-likeness (QED) is 0.679. The van der Waals surface area contributed by atoms with Crippen LogP contribution in [-0.2, 0) is 9.53 Å². The molecule has 0 aromatic heterocycles. The summed E-state index contributed by atoms with van der Waals surface area (Å²) < 4.78 is 5.67. The van der Waals surface area contributed by atoms with Crippen molar-refractivity contribution in [2.24, 2.45) is 5.92 Å². The van der Waals surface area contributed by atoms with Gasteiger partial charge in [-0.25, -0.2) is 4.79 Å². The van der Waals surface area contributed by atoms with Crippen LogP contribution in [-0.4, -0.2) is 53.0 Å². The number of rotatable bonds is 3. The minimum atomic E-state index is -0.563. The molecule has 2 aliphatic rings. The molecule has 2 aromatic rings. The minimum absolute atomic E-state index is 0.0436. The lowest BCUT2D eigenvalue weighted by Crippen LogP contribution is -2.46. The van der Waals surface area contributed by atoms with E-state index in [2.05, 4.69) is 48.2 Å². The van der Waals surface area contributed by atoms with Crippen LogP contribution < -0.4 is 0 Å². The lowest BCUT2D eigenvalue weighted by atomic mass is 9.82. The third-order valence-electron chi connectivity index (χ3n) is 6.75. The lowest BCUT2D eigenvalue weighted by Gasteiger charge is -2.35. The van der Waals surface area contributed by atoms with Crippen LogP contribution in [0.2, 0.25) is 0 Å². The van der Waals surface area contributed by atoms with E-state index in [0.29, 0.717) is 19.5 Å². The van der Waals surface area contributed by atoms with E-state index in [-0.39, 0.29) is 35.8 Å². The first-order valence-corrected chi connectivity index (χ1v) is 11.6. The fourth-order valence-electron chi connectivity index (χ4n) is 5.21. The van der Waals surface area contributed by atoms with Gasteiger partial charge in [-0.2, -0.15) is 0 Å². The average molecular weight is 435 g/mol. The summed E-state index contributed by atoms with van der Waals surface area (Å²) in [5, 5.41) is 0. The van der Waals surface area contributed by atoms with Gasteiger partial charge in [-0.1, -0.05) is 60.7 Å². The summed E-state index contributed by atoms with van der Waals surface area (Å²) in [5.74, 6) is 0.243. The first-order valence-electron chi connectivity index (χ1n) is 11.6. The normalized spacial score (nSPS) is 25.2. The zero-order valence-corrected chi connectivity index (χ0v) is 19.5. The van der Waals surface area contributed by atoms with Crippen molar-refractivity contribution in [1.82, 2.24) is 9.80 Å². The van der Waals surface area contributed by atoms with Crippen LogP contribution in [0.3, 0.4) is 0 Å². The first kappa shape index (κ1) is 22.5. The molecular weight excluding hydrogens is 400 g/mol. The molecule has 2 saturated heterocycles. The molecule has 2 heterocycles. The molecule has 4 atom stereocenters. The predicted molar refractivity (Wildman–Crippen MR) is 125 cm³/mol. The SMILES string of the molecule is C[C@H](c1ccccc1)N1C[C@H](c2ccccc2)[C@H]2C(=O)CCN(C(=O)OC(C)(C)C)C[C@@H]21. The van der Waals surface area contributed by atoms with Gasteiger partial charge in [-0.15, -0.1) is 0 Å². The number of hydrogen-bond donors (Lipinski definition) is 0. The summed E-state index contributed by atoms with van der Waals surface area (Å²) in [5.41, 5.74) is 1.86. The van der Waals surface area contributed by atoms with Gasteiger partial charge in [-0.05, 0) is 38.8 Å². The maximum atomic E-state index is 13.4. The molecule has 0 unspecified atom stereocenters. The topological polar surface area (TPSA) is 49.9 Å². The number of ether oxygens (including phenoxy) is 1. The Bertz CT molecular complexity index is 938. The van der Waals surface area contributed by atoms with E-state index >= 15 is 0 Å². The van der Waals surface area contributed by atoms with Crippen LogP contribution in [0.15, 0.2) is 60.7 Å². The number of Topliss-reactive ketones (excluding diaryl/α,β-unsaturated/α-hetero) is 1. The highest BCUT2D eigenvalue weighted by atomic mass is 16.6. The fraction of sp³-hybridized carbons (Fsp3) is 0.481. The Morgan fingerprint density at radius 2 is 1.62 bits per heavy atom. The molecule has 32 heavy (non-hydrogen) atoms. The zero-order chi connectivity index (χ0) is 22.9. The lowest BCUT2D eigenvalue weighted by molar-refractivity contribution is -0.123. The molecule has 0 bridgehead atoms. The molecule has 0 saturated carbocycles.